The minimum atomic E-state index is -0.00764. The Hall–Kier alpha value is -2.86. The molecule has 112 valence electrons. The summed E-state index contributed by atoms with van der Waals surface area (Å²) in [5.74, 6) is 0. The number of allylic oxidation sites excluding steroid dienone is 1. The quantitative estimate of drug-likeness (QED) is 0.592. The minimum absolute atomic E-state index is 0.00764. The second-order valence-electron chi connectivity index (χ2n) is 7.09. The zero-order chi connectivity index (χ0) is 15.7. The van der Waals surface area contributed by atoms with E-state index in [4.69, 9.17) is 0 Å². The Morgan fingerprint density at radius 3 is 2.54 bits per heavy atom. The molecule has 0 fully saturated rings. The molecule has 1 unspecified atom stereocenters. The standard InChI is InChI=1S/C24H16/c1-2-7-18-14-24-15-22-17(13-19(24)12-16(18)6-1)8-5-10-20(22)21-9-3-4-11-23(21)24/h1-13,15H,14H2. The van der Waals surface area contributed by atoms with Crippen LogP contribution >= 0.6 is 0 Å². The van der Waals surface area contributed by atoms with Crippen LogP contribution in [-0.2, 0) is 11.8 Å². The summed E-state index contributed by atoms with van der Waals surface area (Å²) in [5.41, 5.74) is 8.46. The van der Waals surface area contributed by atoms with E-state index in [1.807, 2.05) is 0 Å². The zero-order valence-corrected chi connectivity index (χ0v) is 13.3. The van der Waals surface area contributed by atoms with Gasteiger partial charge in [-0.05, 0) is 56.3 Å². The molecule has 0 aromatic heterocycles. The van der Waals surface area contributed by atoms with Crippen LogP contribution in [0.2, 0.25) is 0 Å². The van der Waals surface area contributed by atoms with Crippen molar-refractivity contribution in [3.8, 4) is 11.1 Å². The molecule has 3 aliphatic carbocycles. The van der Waals surface area contributed by atoms with Gasteiger partial charge in [0.25, 0.3) is 0 Å². The lowest BCUT2D eigenvalue weighted by Gasteiger charge is -2.42. The number of hydrogen-bond acceptors (Lipinski definition) is 0. The average Bonchev–Trinajstić information content (AvgIpc) is 2.64. The molecule has 0 nitrogen and oxygen atoms in total. The average molecular weight is 304 g/mol. The molecule has 6 rings (SSSR count). The summed E-state index contributed by atoms with van der Waals surface area (Å²) in [7, 11) is 0. The van der Waals surface area contributed by atoms with Crippen LogP contribution in [0.3, 0.4) is 0 Å². The maximum Gasteiger partial charge on any atom is 0.0438 e. The molecule has 0 saturated heterocycles. The van der Waals surface area contributed by atoms with E-state index in [9.17, 15) is 0 Å². The van der Waals surface area contributed by atoms with Gasteiger partial charge < -0.3 is 0 Å². The third kappa shape index (κ3) is 1.40. The number of benzene rings is 3. The van der Waals surface area contributed by atoms with Gasteiger partial charge in [-0.25, -0.2) is 0 Å². The Bertz CT molecular complexity index is 1180. The Balaban J connectivity index is 1.82. The van der Waals surface area contributed by atoms with Crippen LogP contribution in [0, 0.1) is 0 Å². The molecule has 0 heterocycles. The topological polar surface area (TPSA) is 0 Å². The van der Waals surface area contributed by atoms with E-state index in [0.717, 1.165) is 6.42 Å². The molecule has 1 spiro atoms. The van der Waals surface area contributed by atoms with Gasteiger partial charge in [0, 0.05) is 5.41 Å². The third-order valence-corrected chi connectivity index (χ3v) is 5.89. The first kappa shape index (κ1) is 12.5. The highest BCUT2D eigenvalue weighted by Crippen LogP contribution is 2.48. The van der Waals surface area contributed by atoms with Crippen molar-refractivity contribution in [1.82, 2.24) is 0 Å². The van der Waals surface area contributed by atoms with E-state index in [-0.39, 0.29) is 5.41 Å². The third-order valence-electron chi connectivity index (χ3n) is 5.89. The van der Waals surface area contributed by atoms with Gasteiger partial charge in [0.1, 0.15) is 0 Å². The Morgan fingerprint density at radius 2 is 1.54 bits per heavy atom. The van der Waals surface area contributed by atoms with E-state index in [1.54, 1.807) is 0 Å². The number of hydrogen-bond donors (Lipinski definition) is 0. The molecular weight excluding hydrogens is 288 g/mol. The van der Waals surface area contributed by atoms with Gasteiger partial charge in [0.05, 0.1) is 0 Å². The van der Waals surface area contributed by atoms with Crippen molar-refractivity contribution in [2.24, 2.45) is 0 Å². The van der Waals surface area contributed by atoms with Crippen molar-refractivity contribution < 1.29 is 0 Å². The normalized spacial score (nSPS) is 21.4. The van der Waals surface area contributed by atoms with Crippen molar-refractivity contribution in [2.45, 2.75) is 11.8 Å². The summed E-state index contributed by atoms with van der Waals surface area (Å²) in [4.78, 5) is 0. The smallest absolute Gasteiger partial charge is 0.0438 e. The zero-order valence-electron chi connectivity index (χ0n) is 13.3. The molecule has 0 radical (unpaired) electrons. The summed E-state index contributed by atoms with van der Waals surface area (Å²) >= 11 is 0. The van der Waals surface area contributed by atoms with Crippen molar-refractivity contribution in [3.05, 3.63) is 99.4 Å². The highest BCUT2D eigenvalue weighted by molar-refractivity contribution is 5.89. The first-order chi connectivity index (χ1) is 11.9. The Labute approximate surface area is 141 Å². The summed E-state index contributed by atoms with van der Waals surface area (Å²) in [6.07, 6.45) is 8.38. The molecule has 0 N–H and O–H groups in total. The SMILES string of the molecule is C1=C2C=c3cccc4c3=CC2(Cc2ccccc21)c1ccccc1-4. The summed E-state index contributed by atoms with van der Waals surface area (Å²) in [5, 5.41) is 2.76. The van der Waals surface area contributed by atoms with Gasteiger partial charge in [-0.2, -0.15) is 0 Å². The Kier molecular flexibility index (Phi) is 2.17. The van der Waals surface area contributed by atoms with Crippen LogP contribution in [0.15, 0.2) is 72.3 Å². The Morgan fingerprint density at radius 1 is 0.708 bits per heavy atom. The van der Waals surface area contributed by atoms with E-state index < -0.39 is 0 Å². The number of fused-ring (bicyclic) bond motifs is 3. The van der Waals surface area contributed by atoms with Crippen molar-refractivity contribution in [2.75, 3.05) is 0 Å². The van der Waals surface area contributed by atoms with Gasteiger partial charge in [0.15, 0.2) is 0 Å². The predicted octanol–water partition coefficient (Wildman–Crippen LogP) is 3.82. The molecule has 0 saturated carbocycles. The monoisotopic (exact) mass is 304 g/mol. The maximum absolute atomic E-state index is 2.53. The van der Waals surface area contributed by atoms with Gasteiger partial charge in [-0.15, -0.1) is 0 Å². The highest BCUT2D eigenvalue weighted by Gasteiger charge is 2.41. The van der Waals surface area contributed by atoms with Crippen LogP contribution < -0.4 is 10.4 Å². The van der Waals surface area contributed by atoms with E-state index in [2.05, 4.69) is 85.0 Å². The van der Waals surface area contributed by atoms with Gasteiger partial charge in [0.2, 0.25) is 0 Å². The molecule has 2 bridgehead atoms. The van der Waals surface area contributed by atoms with Crippen LogP contribution in [0.4, 0.5) is 0 Å². The second kappa shape index (κ2) is 4.15. The molecule has 0 amide bonds. The largest absolute Gasteiger partial charge is 0.0620 e. The predicted molar refractivity (Wildman–Crippen MR) is 99.9 cm³/mol. The molecule has 1 atom stereocenters. The molecule has 3 aliphatic rings. The lowest BCUT2D eigenvalue weighted by atomic mass is 9.60. The first-order valence-corrected chi connectivity index (χ1v) is 8.59. The molecule has 24 heavy (non-hydrogen) atoms. The van der Waals surface area contributed by atoms with E-state index in [0.29, 0.717) is 0 Å². The summed E-state index contributed by atoms with van der Waals surface area (Å²) in [6, 6.07) is 24.5. The van der Waals surface area contributed by atoms with Crippen molar-refractivity contribution in [1.29, 1.82) is 0 Å². The van der Waals surface area contributed by atoms with Crippen molar-refractivity contribution >= 4 is 18.2 Å². The van der Waals surface area contributed by atoms with Gasteiger partial charge in [-0.1, -0.05) is 78.9 Å². The molecule has 3 aromatic rings. The molecule has 0 aliphatic heterocycles. The lowest BCUT2D eigenvalue weighted by molar-refractivity contribution is 0.668. The van der Waals surface area contributed by atoms with Gasteiger partial charge in [-0.3, -0.25) is 0 Å². The van der Waals surface area contributed by atoms with Crippen LogP contribution in [0.5, 0.6) is 0 Å². The highest BCUT2D eigenvalue weighted by atomic mass is 14.4. The van der Waals surface area contributed by atoms with Gasteiger partial charge >= 0.3 is 0 Å². The van der Waals surface area contributed by atoms with E-state index in [1.165, 1.54) is 43.8 Å². The minimum Gasteiger partial charge on any atom is -0.0620 e. The molecule has 0 heteroatoms. The maximum atomic E-state index is 2.53. The lowest BCUT2D eigenvalue weighted by Crippen LogP contribution is -2.44. The second-order valence-corrected chi connectivity index (χ2v) is 7.09. The summed E-state index contributed by atoms with van der Waals surface area (Å²) < 4.78 is 0. The van der Waals surface area contributed by atoms with Crippen LogP contribution in [-0.4, -0.2) is 0 Å². The fraction of sp³-hybridized carbons (Fsp3) is 0.0833. The summed E-state index contributed by atoms with van der Waals surface area (Å²) in [6.45, 7) is 0. The molecular formula is C24H16. The van der Waals surface area contributed by atoms with E-state index >= 15 is 0 Å². The number of rotatable bonds is 0. The van der Waals surface area contributed by atoms with Crippen LogP contribution in [0.1, 0.15) is 16.7 Å². The van der Waals surface area contributed by atoms with Crippen molar-refractivity contribution in [3.63, 3.8) is 0 Å². The van der Waals surface area contributed by atoms with Crippen LogP contribution in [0.25, 0.3) is 29.4 Å². The fourth-order valence-corrected chi connectivity index (χ4v) is 4.79. The molecule has 3 aromatic carbocycles. The first-order valence-electron chi connectivity index (χ1n) is 8.59. The fourth-order valence-electron chi connectivity index (χ4n) is 4.79.